The third kappa shape index (κ3) is 13.6. The molecule has 0 heterocycles. The van der Waals surface area contributed by atoms with Gasteiger partial charge in [0.05, 0.1) is 67.0 Å². The number of amides is 6. The van der Waals surface area contributed by atoms with Gasteiger partial charge in [0.25, 0.3) is 35.4 Å². The van der Waals surface area contributed by atoms with Gasteiger partial charge in [-0.3, -0.25) is 39.6 Å². The highest BCUT2D eigenvalue weighted by molar-refractivity contribution is 14.1. The molecule has 0 saturated heterocycles. The number of carbonyl (C=O) groups excluding carboxylic acids is 6. The van der Waals surface area contributed by atoms with Crippen molar-refractivity contribution in [1.29, 1.82) is 0 Å². The minimum Gasteiger partial charge on any atom is -0.394 e. The number of nitrogens with zero attached hydrogens (tertiary/aromatic N) is 2. The Balaban J connectivity index is 3.00. The van der Waals surface area contributed by atoms with Crippen molar-refractivity contribution in [3.63, 3.8) is 0 Å². The van der Waals surface area contributed by atoms with Crippen LogP contribution in [0.15, 0.2) is 12.1 Å². The van der Waals surface area contributed by atoms with Crippen LogP contribution < -0.4 is 21.5 Å². The Kier molecular flexibility index (Phi) is 22.8. The van der Waals surface area contributed by atoms with Crippen LogP contribution in [0.5, 0.6) is 0 Å². The van der Waals surface area contributed by atoms with Gasteiger partial charge in [-0.05, 0) is 155 Å². The molecule has 0 spiro atoms. The summed E-state index contributed by atoms with van der Waals surface area (Å²) in [5, 5.41) is 94.4. The van der Waals surface area contributed by atoms with E-state index in [1.807, 2.05) is 0 Å². The molecule has 2 aromatic carbocycles. The molecule has 13 N–H and O–H groups in total. The second kappa shape index (κ2) is 24.8. The molecule has 0 aliphatic heterocycles. The molecule has 5 unspecified atom stereocenters. The van der Waals surface area contributed by atoms with Crippen LogP contribution in [0.3, 0.4) is 0 Å². The van der Waals surface area contributed by atoms with Gasteiger partial charge in [-0.15, -0.1) is 0 Å². The van der Waals surface area contributed by atoms with Crippen LogP contribution in [0, 0.1) is 21.4 Å². The van der Waals surface area contributed by atoms with Gasteiger partial charge in [0, 0.05) is 34.5 Å². The van der Waals surface area contributed by atoms with Crippen molar-refractivity contribution in [2.45, 2.75) is 43.6 Å². The summed E-state index contributed by atoms with van der Waals surface area (Å²) in [7, 11) is 0. The monoisotopic (exact) mass is 1490 g/mol. The number of aliphatic hydroxyl groups excluding tert-OH is 9. The predicted octanol–water partition coefficient (Wildman–Crippen LogP) is -2.46. The van der Waals surface area contributed by atoms with E-state index in [4.69, 9.17) is 0 Å². The Morgan fingerprint density at radius 1 is 0.552 bits per heavy atom. The second-order valence-corrected chi connectivity index (χ2v) is 18.6. The molecular formula is C31H36I6N6O15. The Bertz CT molecular complexity index is 1750. The number of hydrazine groups is 2. The number of rotatable bonds is 17. The van der Waals surface area contributed by atoms with Gasteiger partial charge < -0.3 is 56.6 Å². The minimum absolute atomic E-state index is 0.0671. The van der Waals surface area contributed by atoms with E-state index in [0.29, 0.717) is 17.2 Å². The maximum absolute atomic E-state index is 14.8. The molecule has 27 heteroatoms. The summed E-state index contributed by atoms with van der Waals surface area (Å²) in [5.74, 6) is -7.07. The van der Waals surface area contributed by atoms with Crippen LogP contribution in [0.1, 0.15) is 48.4 Å². The number of halogens is 6. The summed E-state index contributed by atoms with van der Waals surface area (Å²) in [6.07, 6.45) is -11.3. The first kappa shape index (κ1) is 53.4. The topological polar surface area (TPSA) is 339 Å². The van der Waals surface area contributed by atoms with Crippen LogP contribution in [0.25, 0.3) is 0 Å². The van der Waals surface area contributed by atoms with E-state index < -0.39 is 98.6 Å². The summed E-state index contributed by atoms with van der Waals surface area (Å²) in [4.78, 5) is 82.6. The molecule has 0 aromatic heterocycles. The molecule has 0 bridgehead atoms. The molecular weight excluding hydrogens is 1460 g/mol. The van der Waals surface area contributed by atoms with E-state index in [2.05, 4.69) is 21.5 Å². The van der Waals surface area contributed by atoms with E-state index >= 15 is 0 Å². The average Bonchev–Trinajstić information content (AvgIpc) is 3.16. The lowest BCUT2D eigenvalue weighted by Crippen LogP contribution is -2.68. The smallest absolute Gasteiger partial charge is 0.276 e. The fourth-order valence-electron chi connectivity index (χ4n) is 4.53. The van der Waals surface area contributed by atoms with Gasteiger partial charge in [-0.25, -0.2) is 10.0 Å². The fourth-order valence-corrected chi connectivity index (χ4v) is 13.2. The molecule has 0 saturated carbocycles. The summed E-state index contributed by atoms with van der Waals surface area (Å²) in [6.45, 7) is -3.44. The number of benzene rings is 2. The van der Waals surface area contributed by atoms with Gasteiger partial charge in [-0.1, -0.05) is 0 Å². The predicted molar refractivity (Wildman–Crippen MR) is 250 cm³/mol. The summed E-state index contributed by atoms with van der Waals surface area (Å²) >= 11 is 10.4. The first-order valence-electron chi connectivity index (χ1n) is 16.1. The third-order valence-electron chi connectivity index (χ3n) is 7.45. The maximum atomic E-state index is 14.8. The quantitative estimate of drug-likeness (QED) is 0.0444. The summed E-state index contributed by atoms with van der Waals surface area (Å²) < 4.78 is 0.734. The van der Waals surface area contributed by atoms with E-state index in [-0.39, 0.29) is 49.6 Å². The van der Waals surface area contributed by atoms with E-state index in [0.717, 1.165) is 6.92 Å². The lowest BCUT2D eigenvalue weighted by molar-refractivity contribution is -0.145. The van der Waals surface area contributed by atoms with Crippen molar-refractivity contribution in [1.82, 2.24) is 31.5 Å². The largest absolute Gasteiger partial charge is 0.394 e. The highest BCUT2D eigenvalue weighted by Gasteiger charge is 2.43. The molecule has 5 atom stereocenters. The van der Waals surface area contributed by atoms with E-state index in [1.165, 1.54) is 12.1 Å². The van der Waals surface area contributed by atoms with Gasteiger partial charge >= 0.3 is 0 Å². The van der Waals surface area contributed by atoms with Crippen molar-refractivity contribution in [2.75, 3.05) is 39.5 Å². The summed E-state index contributed by atoms with van der Waals surface area (Å²) in [6, 6.07) is 2.77. The Hall–Kier alpha value is -0.720. The van der Waals surface area contributed by atoms with Crippen molar-refractivity contribution in [3.05, 3.63) is 55.8 Å². The molecule has 58 heavy (non-hydrogen) atoms. The van der Waals surface area contributed by atoms with Gasteiger partial charge in [0.15, 0.2) is 18.4 Å². The van der Waals surface area contributed by atoms with Crippen molar-refractivity contribution in [2.24, 2.45) is 0 Å². The molecule has 2 rings (SSSR count). The van der Waals surface area contributed by atoms with Gasteiger partial charge in [-0.2, -0.15) is 0 Å². The zero-order chi connectivity index (χ0) is 44.3. The SMILES string of the molecule is CC(O)C(N(NC(=O)C(O)CO)C(=O)c1c(I)cc(I)c(C(=O)NCC(O)CO)c1I)N(NC(=O)C(O)CO)C(=O)c1c(I)cc(I)c(C(=O)NCC(O)CO)c1I. The minimum atomic E-state index is -2.24. The zero-order valence-electron chi connectivity index (χ0n) is 29.5. The molecule has 0 aliphatic rings. The summed E-state index contributed by atoms with van der Waals surface area (Å²) in [5.41, 5.74) is 3.20. The Morgan fingerprint density at radius 2 is 0.862 bits per heavy atom. The third-order valence-corrected chi connectivity index (χ3v) is 13.0. The highest BCUT2D eigenvalue weighted by atomic mass is 127. The number of carbonyl (C=O) groups is 6. The number of aliphatic hydroxyl groups is 9. The molecule has 322 valence electrons. The second-order valence-electron chi connectivity index (χ2n) is 11.8. The number of hydrogen-bond donors (Lipinski definition) is 13. The first-order chi connectivity index (χ1) is 27.1. The lowest BCUT2D eigenvalue weighted by atomic mass is 10.1. The normalized spacial score (nSPS) is 14.3. The molecule has 2 aromatic rings. The number of nitrogens with one attached hydrogen (secondary N) is 4. The van der Waals surface area contributed by atoms with Crippen molar-refractivity contribution < 1.29 is 74.7 Å². The Morgan fingerprint density at radius 3 is 1.14 bits per heavy atom. The Labute approximate surface area is 411 Å². The first-order valence-corrected chi connectivity index (χ1v) is 22.6. The lowest BCUT2D eigenvalue weighted by Gasteiger charge is -2.41. The van der Waals surface area contributed by atoms with E-state index in [9.17, 15) is 74.7 Å². The number of hydrogen-bond acceptors (Lipinski definition) is 15. The molecule has 0 aliphatic carbocycles. The van der Waals surface area contributed by atoms with Gasteiger partial charge in [0.1, 0.15) is 0 Å². The average molecular weight is 1490 g/mol. The van der Waals surface area contributed by atoms with Crippen LogP contribution in [-0.2, 0) is 9.59 Å². The van der Waals surface area contributed by atoms with Crippen LogP contribution in [-0.4, -0.2) is 168 Å². The van der Waals surface area contributed by atoms with Crippen LogP contribution in [0.2, 0.25) is 0 Å². The highest BCUT2D eigenvalue weighted by Crippen LogP contribution is 2.32. The molecule has 6 amide bonds. The van der Waals surface area contributed by atoms with E-state index in [1.54, 1.807) is 136 Å². The van der Waals surface area contributed by atoms with Crippen LogP contribution >= 0.6 is 136 Å². The molecule has 0 fully saturated rings. The van der Waals surface area contributed by atoms with Crippen LogP contribution in [0.4, 0.5) is 0 Å². The zero-order valence-corrected chi connectivity index (χ0v) is 42.4. The van der Waals surface area contributed by atoms with Crippen molar-refractivity contribution in [3.8, 4) is 0 Å². The molecule has 21 nitrogen and oxygen atoms in total. The fraction of sp³-hybridized carbons (Fsp3) is 0.419. The van der Waals surface area contributed by atoms with Gasteiger partial charge in [0.2, 0.25) is 0 Å². The van der Waals surface area contributed by atoms with Crippen molar-refractivity contribution >= 4 is 171 Å². The molecule has 0 radical (unpaired) electrons. The standard InChI is InChI=1S/C31H36I6N6O15/c1-10(48)29(42(40-25(53)17(51)8-46)30(57)21-15(34)2-13(32)19(23(21)36)27(55)38-4-11(49)6-44)43(41-26(54)18(52)9-47)31(58)22-16(35)3-14(33)20(24(22)37)28(56)39-5-12(50)7-45/h2-3,10-12,17-18,29,44-52H,4-9H2,1H3,(H,38,55)(H,39,56)(H,40,53)(H,41,54). The maximum Gasteiger partial charge on any atom is 0.276 e.